The molecule has 0 aliphatic rings. The van der Waals surface area contributed by atoms with Crippen molar-refractivity contribution in [2.45, 2.75) is 6.42 Å². The van der Waals surface area contributed by atoms with E-state index in [-0.39, 0.29) is 5.95 Å². The maximum Gasteiger partial charge on any atom is 0.219 e. The molecule has 0 saturated carbocycles. The summed E-state index contributed by atoms with van der Waals surface area (Å²) >= 11 is 5.49. The Bertz CT molecular complexity index is 1450. The number of benzene rings is 1. The van der Waals surface area contributed by atoms with E-state index in [1.165, 1.54) is 0 Å². The largest absolute Gasteiger partial charge is 0.368 e. The van der Waals surface area contributed by atoms with Crippen molar-refractivity contribution >= 4 is 34.8 Å². The van der Waals surface area contributed by atoms with E-state index in [1.807, 2.05) is 48.5 Å². The number of aromatic amines is 1. The minimum Gasteiger partial charge on any atom is -0.368 e. The average Bonchev–Trinajstić information content (AvgIpc) is 3.34. The Hall–Kier alpha value is -4.77. The molecule has 0 radical (unpaired) electrons. The van der Waals surface area contributed by atoms with Crippen molar-refractivity contribution in [1.29, 1.82) is 0 Å². The summed E-state index contributed by atoms with van der Waals surface area (Å²) in [6.45, 7) is 0. The van der Waals surface area contributed by atoms with Gasteiger partial charge in [-0.05, 0) is 59.7 Å². The van der Waals surface area contributed by atoms with Gasteiger partial charge in [0.05, 0.1) is 0 Å². The Kier molecular flexibility index (Phi) is 6.31. The fourth-order valence-corrected chi connectivity index (χ4v) is 3.62. The van der Waals surface area contributed by atoms with Gasteiger partial charge in [0.15, 0.2) is 10.9 Å². The fraction of sp³-hybridized carbons (Fsp3) is 0.0417. The SMILES string of the molecule is Nc1ncc(-c2ccnc(NC(=S)Nc3cccc(Cc4nc(-c5ccncc5)n[nH]4)c3)c2)cn1. The van der Waals surface area contributed by atoms with Gasteiger partial charge in [-0.1, -0.05) is 12.1 Å². The van der Waals surface area contributed by atoms with E-state index in [4.69, 9.17) is 18.0 Å². The Morgan fingerprint density at radius 2 is 1.69 bits per heavy atom. The lowest BCUT2D eigenvalue weighted by Crippen LogP contribution is -2.19. The molecule has 0 amide bonds. The second-order valence-corrected chi connectivity index (χ2v) is 7.97. The van der Waals surface area contributed by atoms with Gasteiger partial charge in [-0.25, -0.2) is 19.9 Å². The van der Waals surface area contributed by atoms with E-state index in [1.54, 1.807) is 31.0 Å². The molecule has 10 nitrogen and oxygen atoms in total. The van der Waals surface area contributed by atoms with Crippen molar-refractivity contribution < 1.29 is 0 Å². The van der Waals surface area contributed by atoms with Crippen LogP contribution in [0, 0.1) is 0 Å². The summed E-state index contributed by atoms with van der Waals surface area (Å²) < 4.78 is 0. The second-order valence-electron chi connectivity index (χ2n) is 7.56. The Morgan fingerprint density at radius 1 is 0.886 bits per heavy atom. The van der Waals surface area contributed by atoms with E-state index in [0.29, 0.717) is 23.2 Å². The number of thiocarbonyl (C=S) groups is 1. The average molecular weight is 481 g/mol. The molecule has 0 unspecified atom stereocenters. The van der Waals surface area contributed by atoms with Crippen LogP contribution in [-0.2, 0) is 6.42 Å². The van der Waals surface area contributed by atoms with Crippen molar-refractivity contribution in [2.24, 2.45) is 0 Å². The van der Waals surface area contributed by atoms with Gasteiger partial charge in [0.1, 0.15) is 11.6 Å². The van der Waals surface area contributed by atoms with Crippen LogP contribution in [0.3, 0.4) is 0 Å². The first-order valence-corrected chi connectivity index (χ1v) is 11.1. The molecular formula is C24H20N10S. The maximum absolute atomic E-state index is 5.57. The van der Waals surface area contributed by atoms with Crippen LogP contribution in [0.4, 0.5) is 17.5 Å². The summed E-state index contributed by atoms with van der Waals surface area (Å²) in [5.74, 6) is 2.23. The Morgan fingerprint density at radius 3 is 2.51 bits per heavy atom. The molecular weight excluding hydrogens is 460 g/mol. The van der Waals surface area contributed by atoms with Crippen molar-refractivity contribution in [1.82, 2.24) is 35.1 Å². The molecule has 11 heteroatoms. The van der Waals surface area contributed by atoms with E-state index in [0.717, 1.165) is 33.8 Å². The zero-order valence-electron chi connectivity index (χ0n) is 18.4. The van der Waals surface area contributed by atoms with Crippen LogP contribution >= 0.6 is 12.2 Å². The van der Waals surface area contributed by atoms with E-state index in [2.05, 4.69) is 45.8 Å². The summed E-state index contributed by atoms with van der Waals surface area (Å²) in [5.41, 5.74) is 10.1. The third kappa shape index (κ3) is 5.60. The van der Waals surface area contributed by atoms with Crippen LogP contribution in [0.25, 0.3) is 22.5 Å². The van der Waals surface area contributed by atoms with E-state index >= 15 is 0 Å². The van der Waals surface area contributed by atoms with Crippen molar-refractivity contribution in [3.05, 3.63) is 90.9 Å². The minimum atomic E-state index is 0.228. The third-order valence-electron chi connectivity index (χ3n) is 5.03. The number of rotatable bonds is 6. The molecule has 0 bridgehead atoms. The van der Waals surface area contributed by atoms with Crippen LogP contribution in [0.1, 0.15) is 11.4 Å². The molecule has 5 rings (SSSR count). The second kappa shape index (κ2) is 10.0. The Labute approximate surface area is 206 Å². The number of nitrogens with one attached hydrogen (secondary N) is 3. The van der Waals surface area contributed by atoms with E-state index in [9.17, 15) is 0 Å². The predicted octanol–water partition coefficient (Wildman–Crippen LogP) is 3.70. The summed E-state index contributed by atoms with van der Waals surface area (Å²) in [4.78, 5) is 21.0. The quantitative estimate of drug-likeness (QED) is 0.266. The van der Waals surface area contributed by atoms with Crippen molar-refractivity contribution in [2.75, 3.05) is 16.4 Å². The highest BCUT2D eigenvalue weighted by atomic mass is 32.1. The van der Waals surface area contributed by atoms with Gasteiger partial charge >= 0.3 is 0 Å². The molecule has 172 valence electrons. The number of anilines is 3. The molecule has 4 heterocycles. The van der Waals surface area contributed by atoms with Crippen LogP contribution in [0.5, 0.6) is 0 Å². The van der Waals surface area contributed by atoms with Gasteiger partial charge in [-0.3, -0.25) is 10.1 Å². The molecule has 0 fully saturated rings. The smallest absolute Gasteiger partial charge is 0.219 e. The highest BCUT2D eigenvalue weighted by molar-refractivity contribution is 7.80. The van der Waals surface area contributed by atoms with Crippen molar-refractivity contribution in [3.63, 3.8) is 0 Å². The zero-order chi connectivity index (χ0) is 24.0. The number of nitrogen functional groups attached to an aromatic ring is 1. The monoisotopic (exact) mass is 480 g/mol. The molecule has 0 saturated heterocycles. The van der Waals surface area contributed by atoms with Crippen LogP contribution in [-0.4, -0.2) is 40.2 Å². The summed E-state index contributed by atoms with van der Waals surface area (Å²) in [7, 11) is 0. The Balaban J connectivity index is 1.23. The number of hydrogen-bond acceptors (Lipinski definition) is 8. The molecule has 1 aromatic carbocycles. The molecule has 4 aromatic heterocycles. The first-order valence-electron chi connectivity index (χ1n) is 10.6. The summed E-state index contributed by atoms with van der Waals surface area (Å²) in [6.07, 6.45) is 9.05. The summed E-state index contributed by atoms with van der Waals surface area (Å²) in [6, 6.07) is 15.4. The van der Waals surface area contributed by atoms with Gasteiger partial charge in [0.25, 0.3) is 0 Å². The number of H-pyrrole nitrogens is 1. The normalized spacial score (nSPS) is 10.6. The predicted molar refractivity (Wildman–Crippen MR) is 138 cm³/mol. The first kappa shape index (κ1) is 22.0. The third-order valence-corrected chi connectivity index (χ3v) is 5.24. The highest BCUT2D eigenvalue weighted by Crippen LogP contribution is 2.21. The fourth-order valence-electron chi connectivity index (χ4n) is 3.40. The van der Waals surface area contributed by atoms with Crippen molar-refractivity contribution in [3.8, 4) is 22.5 Å². The lowest BCUT2D eigenvalue weighted by atomic mass is 10.1. The van der Waals surface area contributed by atoms with Gasteiger partial charge in [0.2, 0.25) is 5.95 Å². The highest BCUT2D eigenvalue weighted by Gasteiger charge is 2.08. The molecule has 0 aliphatic heterocycles. The zero-order valence-corrected chi connectivity index (χ0v) is 19.2. The number of pyridine rings is 2. The number of nitrogens with zero attached hydrogens (tertiary/aromatic N) is 6. The van der Waals surface area contributed by atoms with E-state index < -0.39 is 0 Å². The lowest BCUT2D eigenvalue weighted by Gasteiger charge is -2.11. The minimum absolute atomic E-state index is 0.228. The standard InChI is InChI=1S/C24H20N10S/c25-23-28-13-18(14-29-23)17-6-9-27-20(12-17)32-24(35)30-19-3-1-2-15(10-19)11-21-31-22(34-33-21)16-4-7-26-8-5-16/h1-10,12-14H,11H2,(H2,25,28,29)(H,31,33,34)(H2,27,30,32,35). The molecule has 5 N–H and O–H groups in total. The number of hydrogen-bond donors (Lipinski definition) is 4. The van der Waals surface area contributed by atoms with Crippen LogP contribution in [0.15, 0.2) is 79.5 Å². The molecule has 5 aromatic rings. The van der Waals surface area contributed by atoms with Gasteiger partial charge < -0.3 is 16.4 Å². The lowest BCUT2D eigenvalue weighted by molar-refractivity contribution is 0.973. The number of aromatic nitrogens is 7. The van der Waals surface area contributed by atoms with Crippen LogP contribution in [0.2, 0.25) is 0 Å². The summed E-state index contributed by atoms with van der Waals surface area (Å²) in [5, 5.41) is 14.0. The van der Waals surface area contributed by atoms with Crippen LogP contribution < -0.4 is 16.4 Å². The molecule has 0 aliphatic carbocycles. The maximum atomic E-state index is 5.57. The van der Waals surface area contributed by atoms with Gasteiger partial charge in [-0.2, -0.15) is 5.10 Å². The molecule has 0 spiro atoms. The first-order chi connectivity index (χ1) is 17.1. The van der Waals surface area contributed by atoms with Gasteiger partial charge in [-0.15, -0.1) is 0 Å². The number of nitrogens with two attached hydrogens (primary N) is 1. The molecule has 0 atom stereocenters. The topological polar surface area (TPSA) is 143 Å². The van der Waals surface area contributed by atoms with Gasteiger partial charge in [0, 0.05) is 54.2 Å². The molecule has 35 heavy (non-hydrogen) atoms.